The predicted octanol–water partition coefficient (Wildman–Crippen LogP) is 4.41. The van der Waals surface area contributed by atoms with Crippen molar-refractivity contribution < 1.29 is 14.3 Å². The van der Waals surface area contributed by atoms with Crippen LogP contribution in [0.25, 0.3) is 11.3 Å². The SMILES string of the molecule is Cc1sc(NC(=O)CCc2ccccc2)nc1-c1ccc2c(c1)NC(=O)[C@@H](C)O2. The third kappa shape index (κ3) is 4.30. The summed E-state index contributed by atoms with van der Waals surface area (Å²) in [5, 5.41) is 6.32. The maximum absolute atomic E-state index is 12.3. The van der Waals surface area contributed by atoms with Crippen LogP contribution in [0.3, 0.4) is 0 Å². The molecule has 0 unspecified atom stereocenters. The molecule has 2 heterocycles. The van der Waals surface area contributed by atoms with Gasteiger partial charge in [0.25, 0.3) is 5.91 Å². The molecule has 0 radical (unpaired) electrons. The van der Waals surface area contributed by atoms with Crippen molar-refractivity contribution in [2.45, 2.75) is 32.8 Å². The molecular weight excluding hydrogens is 386 g/mol. The number of rotatable bonds is 5. The first-order valence-corrected chi connectivity index (χ1v) is 10.2. The number of benzene rings is 2. The van der Waals surface area contributed by atoms with Gasteiger partial charge in [-0.05, 0) is 44.0 Å². The van der Waals surface area contributed by atoms with Gasteiger partial charge in [0, 0.05) is 16.9 Å². The molecule has 2 aromatic carbocycles. The van der Waals surface area contributed by atoms with E-state index in [1.54, 1.807) is 6.92 Å². The normalized spacial score (nSPS) is 15.2. The van der Waals surface area contributed by atoms with Crippen LogP contribution < -0.4 is 15.4 Å². The van der Waals surface area contributed by atoms with Crippen molar-refractivity contribution in [3.8, 4) is 17.0 Å². The van der Waals surface area contributed by atoms with Crippen LogP contribution in [0.2, 0.25) is 0 Å². The summed E-state index contributed by atoms with van der Waals surface area (Å²) < 4.78 is 5.60. The lowest BCUT2D eigenvalue weighted by molar-refractivity contribution is -0.122. The van der Waals surface area contributed by atoms with Gasteiger partial charge < -0.3 is 15.4 Å². The van der Waals surface area contributed by atoms with Gasteiger partial charge in [-0.25, -0.2) is 4.98 Å². The molecule has 29 heavy (non-hydrogen) atoms. The molecule has 3 aromatic rings. The quantitative estimate of drug-likeness (QED) is 0.657. The first kappa shape index (κ1) is 19.1. The summed E-state index contributed by atoms with van der Waals surface area (Å²) in [6.07, 6.45) is 0.581. The lowest BCUT2D eigenvalue weighted by atomic mass is 10.1. The minimum Gasteiger partial charge on any atom is -0.479 e. The number of fused-ring (bicyclic) bond motifs is 1. The number of aromatic nitrogens is 1. The number of carbonyl (C=O) groups excluding carboxylic acids is 2. The second-order valence-electron chi connectivity index (χ2n) is 6.92. The van der Waals surface area contributed by atoms with E-state index in [1.165, 1.54) is 11.3 Å². The standard InChI is InChI=1S/C22H21N3O3S/c1-13-21(27)23-17-12-16(9-10-18(17)28-13)20-14(2)29-22(25-20)24-19(26)11-8-15-6-4-3-5-7-15/h3-7,9-10,12-13H,8,11H2,1-2H3,(H,23,27)(H,24,25,26)/t13-/m1/s1. The van der Waals surface area contributed by atoms with E-state index in [-0.39, 0.29) is 11.8 Å². The fraction of sp³-hybridized carbons (Fsp3) is 0.227. The summed E-state index contributed by atoms with van der Waals surface area (Å²) in [7, 11) is 0. The van der Waals surface area contributed by atoms with Gasteiger partial charge >= 0.3 is 0 Å². The fourth-order valence-electron chi connectivity index (χ4n) is 3.16. The molecule has 0 fully saturated rings. The van der Waals surface area contributed by atoms with E-state index in [9.17, 15) is 9.59 Å². The Hall–Kier alpha value is -3.19. The molecular formula is C22H21N3O3S. The van der Waals surface area contributed by atoms with E-state index >= 15 is 0 Å². The van der Waals surface area contributed by atoms with E-state index in [4.69, 9.17) is 4.74 Å². The largest absolute Gasteiger partial charge is 0.479 e. The zero-order valence-corrected chi connectivity index (χ0v) is 17.0. The Morgan fingerprint density at radius 3 is 2.83 bits per heavy atom. The van der Waals surface area contributed by atoms with Crippen LogP contribution >= 0.6 is 11.3 Å². The highest BCUT2D eigenvalue weighted by molar-refractivity contribution is 7.16. The highest BCUT2D eigenvalue weighted by atomic mass is 32.1. The Kier molecular flexibility index (Phi) is 5.31. The number of nitrogens with one attached hydrogen (secondary N) is 2. The van der Waals surface area contributed by atoms with Gasteiger partial charge in [0.05, 0.1) is 11.4 Å². The van der Waals surface area contributed by atoms with Crippen LogP contribution in [0.4, 0.5) is 10.8 Å². The van der Waals surface area contributed by atoms with Crippen molar-refractivity contribution in [1.82, 2.24) is 4.98 Å². The molecule has 1 atom stereocenters. The number of carbonyl (C=O) groups is 2. The summed E-state index contributed by atoms with van der Waals surface area (Å²) in [4.78, 5) is 29.7. The lowest BCUT2D eigenvalue weighted by Crippen LogP contribution is -2.34. The summed E-state index contributed by atoms with van der Waals surface area (Å²) >= 11 is 1.44. The molecule has 7 heteroatoms. The van der Waals surface area contributed by atoms with Gasteiger partial charge in [-0.3, -0.25) is 9.59 Å². The second kappa shape index (κ2) is 8.05. The number of nitrogens with zero attached hydrogens (tertiary/aromatic N) is 1. The van der Waals surface area contributed by atoms with Crippen LogP contribution in [0.5, 0.6) is 5.75 Å². The number of anilines is 2. The average Bonchev–Trinajstić information content (AvgIpc) is 3.07. The Bertz CT molecular complexity index is 1060. The predicted molar refractivity (Wildman–Crippen MR) is 114 cm³/mol. The number of hydrogen-bond acceptors (Lipinski definition) is 5. The van der Waals surface area contributed by atoms with Crippen molar-refractivity contribution in [2.24, 2.45) is 0 Å². The minimum absolute atomic E-state index is 0.0609. The molecule has 1 aliphatic heterocycles. The van der Waals surface area contributed by atoms with E-state index in [1.807, 2.05) is 55.5 Å². The summed E-state index contributed by atoms with van der Waals surface area (Å²) in [5.41, 5.74) is 3.41. The smallest absolute Gasteiger partial charge is 0.265 e. The Balaban J connectivity index is 1.46. The molecule has 2 N–H and O–H groups in total. The zero-order valence-electron chi connectivity index (χ0n) is 16.2. The molecule has 4 rings (SSSR count). The molecule has 148 valence electrons. The van der Waals surface area contributed by atoms with Gasteiger partial charge in [-0.2, -0.15) is 0 Å². The van der Waals surface area contributed by atoms with Crippen LogP contribution in [0.15, 0.2) is 48.5 Å². The Morgan fingerprint density at radius 2 is 2.03 bits per heavy atom. The van der Waals surface area contributed by atoms with Gasteiger partial charge in [0.15, 0.2) is 11.2 Å². The van der Waals surface area contributed by atoms with Crippen LogP contribution in [0.1, 0.15) is 23.8 Å². The highest BCUT2D eigenvalue weighted by Gasteiger charge is 2.24. The molecule has 1 aromatic heterocycles. The number of amides is 2. The van der Waals surface area contributed by atoms with E-state index in [0.29, 0.717) is 29.4 Å². The Morgan fingerprint density at radius 1 is 1.24 bits per heavy atom. The first-order valence-electron chi connectivity index (χ1n) is 9.43. The number of thiazole rings is 1. The number of hydrogen-bond donors (Lipinski definition) is 2. The molecule has 0 saturated heterocycles. The van der Waals surface area contributed by atoms with Crippen molar-refractivity contribution in [3.63, 3.8) is 0 Å². The Labute approximate surface area is 172 Å². The van der Waals surface area contributed by atoms with Crippen molar-refractivity contribution in [2.75, 3.05) is 10.6 Å². The average molecular weight is 407 g/mol. The second-order valence-corrected chi connectivity index (χ2v) is 8.12. The topological polar surface area (TPSA) is 80.3 Å². The molecule has 0 bridgehead atoms. The monoisotopic (exact) mass is 407 g/mol. The third-order valence-corrected chi connectivity index (χ3v) is 5.60. The molecule has 6 nitrogen and oxygen atoms in total. The molecule has 1 aliphatic rings. The van der Waals surface area contributed by atoms with Gasteiger partial charge in [-0.15, -0.1) is 11.3 Å². The van der Waals surface area contributed by atoms with Crippen LogP contribution in [0, 0.1) is 6.92 Å². The summed E-state index contributed by atoms with van der Waals surface area (Å²) in [6, 6.07) is 15.5. The highest BCUT2D eigenvalue weighted by Crippen LogP contribution is 2.36. The first-order chi connectivity index (χ1) is 14.0. The maximum atomic E-state index is 12.3. The third-order valence-electron chi connectivity index (χ3n) is 4.71. The summed E-state index contributed by atoms with van der Waals surface area (Å²) in [6.45, 7) is 3.67. The summed E-state index contributed by atoms with van der Waals surface area (Å²) in [5.74, 6) is 0.411. The van der Waals surface area contributed by atoms with Crippen molar-refractivity contribution in [1.29, 1.82) is 0 Å². The molecule has 0 spiro atoms. The van der Waals surface area contributed by atoms with Crippen LogP contribution in [-0.4, -0.2) is 22.9 Å². The maximum Gasteiger partial charge on any atom is 0.265 e. The minimum atomic E-state index is -0.507. The van der Waals surface area contributed by atoms with Crippen molar-refractivity contribution in [3.05, 3.63) is 59.0 Å². The van der Waals surface area contributed by atoms with E-state index in [2.05, 4.69) is 15.6 Å². The number of ether oxygens (including phenoxy) is 1. The van der Waals surface area contributed by atoms with E-state index < -0.39 is 6.10 Å². The van der Waals surface area contributed by atoms with Crippen molar-refractivity contribution >= 4 is 34.0 Å². The molecule has 0 aliphatic carbocycles. The molecule has 2 amide bonds. The zero-order chi connectivity index (χ0) is 20.4. The molecule has 0 saturated carbocycles. The van der Waals surface area contributed by atoms with Gasteiger partial charge in [-0.1, -0.05) is 30.3 Å². The van der Waals surface area contributed by atoms with Crippen LogP contribution in [-0.2, 0) is 16.0 Å². The lowest BCUT2D eigenvalue weighted by Gasteiger charge is -2.23. The van der Waals surface area contributed by atoms with Gasteiger partial charge in [0.1, 0.15) is 5.75 Å². The van der Waals surface area contributed by atoms with E-state index in [0.717, 1.165) is 21.7 Å². The number of aryl methyl sites for hydroxylation is 2. The van der Waals surface area contributed by atoms with Gasteiger partial charge in [0.2, 0.25) is 5.91 Å². The fourth-order valence-corrected chi connectivity index (χ4v) is 4.01.